The number of pyridine rings is 1. The lowest BCUT2D eigenvalue weighted by molar-refractivity contribution is 0.119. The Morgan fingerprint density at radius 1 is 1.24 bits per heavy atom. The molecule has 6 heteroatoms. The second-order valence-electron chi connectivity index (χ2n) is 5.26. The van der Waals surface area contributed by atoms with E-state index in [0.29, 0.717) is 30.3 Å². The van der Waals surface area contributed by atoms with Crippen LogP contribution in [-0.2, 0) is 4.74 Å². The Morgan fingerprint density at radius 3 is 2.76 bits per heavy atom. The van der Waals surface area contributed by atoms with Crippen molar-refractivity contribution < 1.29 is 4.74 Å². The summed E-state index contributed by atoms with van der Waals surface area (Å²) in [6, 6.07) is 1.70. The van der Waals surface area contributed by atoms with Gasteiger partial charge < -0.3 is 26.4 Å². The van der Waals surface area contributed by atoms with Crippen molar-refractivity contribution in [3.8, 4) is 0 Å². The minimum Gasteiger partial charge on any atom is -0.397 e. The molecule has 1 rings (SSSR count). The average Bonchev–Trinajstić information content (AvgIpc) is 2.45. The van der Waals surface area contributed by atoms with E-state index in [1.54, 1.807) is 12.3 Å². The van der Waals surface area contributed by atoms with Gasteiger partial charge in [0.1, 0.15) is 5.82 Å². The SMILES string of the molecule is CCCCCN(C)CCOCCNc1ncc(N)cc1N. The van der Waals surface area contributed by atoms with Crippen LogP contribution in [0.25, 0.3) is 0 Å². The van der Waals surface area contributed by atoms with E-state index in [1.807, 2.05) is 0 Å². The number of ether oxygens (including phenoxy) is 1. The van der Waals surface area contributed by atoms with E-state index in [2.05, 4.69) is 29.2 Å². The minimum absolute atomic E-state index is 0.561. The van der Waals surface area contributed by atoms with Gasteiger partial charge in [-0.1, -0.05) is 19.8 Å². The molecule has 21 heavy (non-hydrogen) atoms. The molecule has 0 aliphatic rings. The molecule has 0 unspecified atom stereocenters. The van der Waals surface area contributed by atoms with Crippen molar-refractivity contribution >= 4 is 17.2 Å². The van der Waals surface area contributed by atoms with Crippen LogP contribution in [0.3, 0.4) is 0 Å². The summed E-state index contributed by atoms with van der Waals surface area (Å²) in [6.07, 6.45) is 5.41. The van der Waals surface area contributed by atoms with Gasteiger partial charge in [-0.05, 0) is 26.1 Å². The fraction of sp³-hybridized carbons (Fsp3) is 0.667. The highest BCUT2D eigenvalue weighted by Gasteiger charge is 2.01. The van der Waals surface area contributed by atoms with Crippen LogP contribution in [0.15, 0.2) is 12.3 Å². The van der Waals surface area contributed by atoms with E-state index in [9.17, 15) is 0 Å². The van der Waals surface area contributed by atoms with E-state index in [4.69, 9.17) is 16.2 Å². The van der Waals surface area contributed by atoms with Crippen LogP contribution in [0.4, 0.5) is 17.2 Å². The molecule has 1 aromatic heterocycles. The van der Waals surface area contributed by atoms with Crippen molar-refractivity contribution in [1.82, 2.24) is 9.88 Å². The molecule has 0 radical (unpaired) electrons. The van der Waals surface area contributed by atoms with E-state index in [-0.39, 0.29) is 0 Å². The lowest BCUT2D eigenvalue weighted by Crippen LogP contribution is -2.25. The molecule has 1 aromatic rings. The number of nitrogens with one attached hydrogen (secondary N) is 1. The zero-order chi connectivity index (χ0) is 15.5. The van der Waals surface area contributed by atoms with E-state index in [1.165, 1.54) is 19.3 Å². The first kappa shape index (κ1) is 17.5. The zero-order valence-electron chi connectivity index (χ0n) is 13.3. The van der Waals surface area contributed by atoms with Crippen LogP contribution in [0.2, 0.25) is 0 Å². The Bertz CT molecular complexity index is 400. The fourth-order valence-corrected chi connectivity index (χ4v) is 1.95. The van der Waals surface area contributed by atoms with Crippen LogP contribution in [0.1, 0.15) is 26.2 Å². The van der Waals surface area contributed by atoms with Crippen molar-refractivity contribution in [3.05, 3.63) is 12.3 Å². The summed E-state index contributed by atoms with van der Waals surface area (Å²) >= 11 is 0. The molecule has 0 aliphatic heterocycles. The smallest absolute Gasteiger partial charge is 0.149 e. The molecule has 0 aliphatic carbocycles. The molecule has 0 fully saturated rings. The molecule has 0 saturated carbocycles. The van der Waals surface area contributed by atoms with Crippen molar-refractivity contribution in [3.63, 3.8) is 0 Å². The number of hydrogen-bond acceptors (Lipinski definition) is 6. The van der Waals surface area contributed by atoms with Crippen LogP contribution >= 0.6 is 0 Å². The Morgan fingerprint density at radius 2 is 2.05 bits per heavy atom. The number of nitrogens with zero attached hydrogens (tertiary/aromatic N) is 2. The first-order chi connectivity index (χ1) is 10.1. The van der Waals surface area contributed by atoms with Crippen molar-refractivity contribution in [2.75, 3.05) is 56.7 Å². The van der Waals surface area contributed by atoms with Gasteiger partial charge in [0.2, 0.25) is 0 Å². The number of aromatic nitrogens is 1. The molecule has 6 nitrogen and oxygen atoms in total. The van der Waals surface area contributed by atoms with E-state index >= 15 is 0 Å². The molecule has 0 atom stereocenters. The number of rotatable bonds is 11. The maximum absolute atomic E-state index is 5.81. The third kappa shape index (κ3) is 7.72. The van der Waals surface area contributed by atoms with Crippen molar-refractivity contribution in [2.24, 2.45) is 0 Å². The number of nitrogens with two attached hydrogens (primary N) is 2. The summed E-state index contributed by atoms with van der Waals surface area (Å²) < 4.78 is 5.60. The Balaban J connectivity index is 2.04. The summed E-state index contributed by atoms with van der Waals surface area (Å²) in [4.78, 5) is 6.45. The van der Waals surface area contributed by atoms with Gasteiger partial charge in [0.25, 0.3) is 0 Å². The predicted octanol–water partition coefficient (Wildman–Crippen LogP) is 1.80. The number of unbranched alkanes of at least 4 members (excludes halogenated alkanes) is 2. The molecule has 0 spiro atoms. The standard InChI is InChI=1S/C15H29N5O/c1-3-4-5-7-20(2)8-10-21-9-6-18-15-14(17)11-13(16)12-19-15/h11-12H,3-10,16-17H2,1-2H3,(H,18,19). The maximum atomic E-state index is 5.81. The predicted molar refractivity (Wildman–Crippen MR) is 89.4 cm³/mol. The molecule has 0 amide bonds. The molecular weight excluding hydrogens is 266 g/mol. The highest BCUT2D eigenvalue weighted by Crippen LogP contribution is 2.16. The van der Waals surface area contributed by atoms with Gasteiger partial charge in [-0.15, -0.1) is 0 Å². The number of likely N-dealkylation sites (N-methyl/N-ethyl adjacent to an activating group) is 1. The van der Waals surface area contributed by atoms with Gasteiger partial charge in [-0.3, -0.25) is 0 Å². The van der Waals surface area contributed by atoms with E-state index in [0.717, 1.165) is 19.7 Å². The van der Waals surface area contributed by atoms with Gasteiger partial charge in [-0.25, -0.2) is 4.98 Å². The van der Waals surface area contributed by atoms with Crippen molar-refractivity contribution in [1.29, 1.82) is 0 Å². The second kappa shape index (κ2) is 10.2. The van der Waals surface area contributed by atoms with E-state index < -0.39 is 0 Å². The molecule has 5 N–H and O–H groups in total. The first-order valence-electron chi connectivity index (χ1n) is 7.64. The summed E-state index contributed by atoms with van der Waals surface area (Å²) in [7, 11) is 2.14. The number of anilines is 3. The molecule has 0 saturated heterocycles. The summed E-state index contributed by atoms with van der Waals surface area (Å²) in [6.45, 7) is 6.38. The highest BCUT2D eigenvalue weighted by molar-refractivity contribution is 5.65. The third-order valence-corrected chi connectivity index (χ3v) is 3.24. The van der Waals surface area contributed by atoms with Crippen LogP contribution < -0.4 is 16.8 Å². The largest absolute Gasteiger partial charge is 0.397 e. The fourth-order valence-electron chi connectivity index (χ4n) is 1.95. The average molecular weight is 295 g/mol. The molecular formula is C15H29N5O. The van der Waals surface area contributed by atoms with Gasteiger partial charge >= 0.3 is 0 Å². The summed E-state index contributed by atoms with van der Waals surface area (Å²) in [5, 5.41) is 3.14. The molecule has 120 valence electrons. The first-order valence-corrected chi connectivity index (χ1v) is 7.64. The quantitative estimate of drug-likeness (QED) is 0.539. The lowest BCUT2D eigenvalue weighted by atomic mass is 10.2. The normalized spacial score (nSPS) is 11.0. The third-order valence-electron chi connectivity index (χ3n) is 3.24. The Kier molecular flexibility index (Phi) is 8.54. The number of hydrogen-bond donors (Lipinski definition) is 3. The van der Waals surface area contributed by atoms with Gasteiger partial charge in [-0.2, -0.15) is 0 Å². The zero-order valence-corrected chi connectivity index (χ0v) is 13.3. The summed E-state index contributed by atoms with van der Waals surface area (Å²) in [5.74, 6) is 0.657. The minimum atomic E-state index is 0.561. The molecule has 1 heterocycles. The monoisotopic (exact) mass is 295 g/mol. The maximum Gasteiger partial charge on any atom is 0.149 e. The van der Waals surface area contributed by atoms with Crippen LogP contribution in [0, 0.1) is 0 Å². The second-order valence-corrected chi connectivity index (χ2v) is 5.26. The highest BCUT2D eigenvalue weighted by atomic mass is 16.5. The number of nitrogen functional groups attached to an aromatic ring is 2. The van der Waals surface area contributed by atoms with Crippen LogP contribution in [0.5, 0.6) is 0 Å². The lowest BCUT2D eigenvalue weighted by Gasteiger charge is -2.16. The Labute approximate surface area is 127 Å². The van der Waals surface area contributed by atoms with Gasteiger partial charge in [0.05, 0.1) is 30.8 Å². The molecule has 0 aromatic carbocycles. The van der Waals surface area contributed by atoms with Crippen LogP contribution in [-0.4, -0.2) is 49.8 Å². The summed E-state index contributed by atoms with van der Waals surface area (Å²) in [5.41, 5.74) is 12.5. The van der Waals surface area contributed by atoms with Gasteiger partial charge in [0, 0.05) is 13.1 Å². The van der Waals surface area contributed by atoms with Gasteiger partial charge in [0.15, 0.2) is 0 Å². The molecule has 0 bridgehead atoms. The Hall–Kier alpha value is -1.53. The topological polar surface area (TPSA) is 89.4 Å². The van der Waals surface area contributed by atoms with Crippen molar-refractivity contribution in [2.45, 2.75) is 26.2 Å².